The number of carbonyl (C=O) groups is 1. The van der Waals surface area contributed by atoms with E-state index in [4.69, 9.17) is 5.26 Å². The number of aromatic nitrogens is 1. The average molecular weight is 441 g/mol. The minimum atomic E-state index is -3.64. The topological polar surface area (TPSA) is 103 Å². The fourth-order valence-electron chi connectivity index (χ4n) is 3.56. The predicted molar refractivity (Wildman–Crippen MR) is 116 cm³/mol. The molecule has 9 heteroatoms. The third-order valence-electron chi connectivity index (χ3n) is 5.30. The van der Waals surface area contributed by atoms with Crippen LogP contribution in [0.25, 0.3) is 10.2 Å². The molecule has 0 atom stereocenters. The molecule has 30 heavy (non-hydrogen) atoms. The second-order valence-electron chi connectivity index (χ2n) is 7.24. The number of amides is 1. The van der Waals surface area contributed by atoms with Crippen molar-refractivity contribution in [3.05, 3.63) is 53.6 Å². The van der Waals surface area contributed by atoms with Gasteiger partial charge in [0.25, 0.3) is 0 Å². The molecule has 154 valence electrons. The van der Waals surface area contributed by atoms with Crippen LogP contribution < -0.4 is 5.32 Å². The number of carbonyl (C=O) groups excluding carboxylic acids is 1. The van der Waals surface area contributed by atoms with Gasteiger partial charge < -0.3 is 5.32 Å². The number of benzene rings is 2. The lowest BCUT2D eigenvalue weighted by atomic mass is 9.97. The van der Waals surface area contributed by atoms with Gasteiger partial charge in [-0.05, 0) is 55.7 Å². The van der Waals surface area contributed by atoms with Crippen LogP contribution in [0.2, 0.25) is 0 Å². The molecule has 0 aliphatic carbocycles. The molecule has 2 heterocycles. The molecular formula is C21H20N4O3S2. The smallest absolute Gasteiger partial charge is 0.243 e. The Morgan fingerprint density at radius 2 is 1.90 bits per heavy atom. The maximum Gasteiger partial charge on any atom is 0.243 e. The minimum absolute atomic E-state index is 0.123. The molecule has 0 radical (unpaired) electrons. The molecule has 0 unspecified atom stereocenters. The number of rotatable bonds is 4. The van der Waals surface area contributed by atoms with Crippen molar-refractivity contribution in [1.29, 1.82) is 5.26 Å². The molecule has 1 aromatic heterocycles. The number of para-hydroxylation sites is 1. The summed E-state index contributed by atoms with van der Waals surface area (Å²) in [5.41, 5.74) is 2.36. The monoisotopic (exact) mass is 440 g/mol. The SMILES string of the molecule is Cc1cccc2sc(NC(=O)C3CCN(S(=O)(=O)c4ccc(C#N)cc4)CC3)nc12. The highest BCUT2D eigenvalue weighted by molar-refractivity contribution is 7.89. The average Bonchev–Trinajstić information content (AvgIpc) is 3.17. The van der Waals surface area contributed by atoms with Crippen LogP contribution in [0.3, 0.4) is 0 Å². The van der Waals surface area contributed by atoms with Crippen LogP contribution in [0.4, 0.5) is 5.13 Å². The van der Waals surface area contributed by atoms with Crippen LogP contribution >= 0.6 is 11.3 Å². The van der Waals surface area contributed by atoms with Gasteiger partial charge in [0.1, 0.15) is 0 Å². The number of piperidine rings is 1. The number of anilines is 1. The van der Waals surface area contributed by atoms with Crippen LogP contribution in [0.1, 0.15) is 24.0 Å². The van der Waals surface area contributed by atoms with E-state index >= 15 is 0 Å². The third-order valence-corrected chi connectivity index (χ3v) is 8.15. The number of hydrogen-bond donors (Lipinski definition) is 1. The highest BCUT2D eigenvalue weighted by atomic mass is 32.2. The van der Waals surface area contributed by atoms with Crippen molar-refractivity contribution in [3.63, 3.8) is 0 Å². The molecule has 1 amide bonds. The number of hydrogen-bond acceptors (Lipinski definition) is 6. The first-order chi connectivity index (χ1) is 14.4. The second-order valence-corrected chi connectivity index (χ2v) is 10.2. The van der Waals surface area contributed by atoms with E-state index in [0.29, 0.717) is 23.5 Å². The molecule has 0 spiro atoms. The fraction of sp³-hybridized carbons (Fsp3) is 0.286. The molecule has 7 nitrogen and oxygen atoms in total. The first-order valence-electron chi connectivity index (χ1n) is 9.56. The van der Waals surface area contributed by atoms with Crippen LogP contribution in [0.5, 0.6) is 0 Å². The van der Waals surface area contributed by atoms with Crippen molar-refractivity contribution in [2.45, 2.75) is 24.7 Å². The van der Waals surface area contributed by atoms with E-state index in [9.17, 15) is 13.2 Å². The largest absolute Gasteiger partial charge is 0.302 e. The van der Waals surface area contributed by atoms with E-state index in [-0.39, 0.29) is 29.8 Å². The molecule has 3 aromatic rings. The van der Waals surface area contributed by atoms with Crippen LogP contribution in [0.15, 0.2) is 47.4 Å². The maximum absolute atomic E-state index is 12.8. The molecular weight excluding hydrogens is 420 g/mol. The highest BCUT2D eigenvalue weighted by Gasteiger charge is 2.32. The summed E-state index contributed by atoms with van der Waals surface area (Å²) in [6.45, 7) is 2.54. The van der Waals surface area contributed by atoms with Gasteiger partial charge in [0.05, 0.1) is 26.7 Å². The lowest BCUT2D eigenvalue weighted by Crippen LogP contribution is -2.41. The van der Waals surface area contributed by atoms with Gasteiger partial charge in [0.2, 0.25) is 15.9 Å². The van der Waals surface area contributed by atoms with Gasteiger partial charge in [-0.25, -0.2) is 13.4 Å². The minimum Gasteiger partial charge on any atom is -0.302 e. The summed E-state index contributed by atoms with van der Waals surface area (Å²) in [6, 6.07) is 13.8. The summed E-state index contributed by atoms with van der Waals surface area (Å²) in [7, 11) is -3.64. The Labute approximate surface area is 179 Å². The van der Waals surface area contributed by atoms with E-state index in [2.05, 4.69) is 10.3 Å². The summed E-state index contributed by atoms with van der Waals surface area (Å²) in [6.07, 6.45) is 0.899. The number of nitriles is 1. The lowest BCUT2D eigenvalue weighted by molar-refractivity contribution is -0.120. The molecule has 1 aliphatic rings. The van der Waals surface area contributed by atoms with E-state index < -0.39 is 10.0 Å². The Balaban J connectivity index is 1.40. The number of thiazole rings is 1. The van der Waals surface area contributed by atoms with Crippen molar-refractivity contribution in [2.75, 3.05) is 18.4 Å². The Morgan fingerprint density at radius 3 is 2.53 bits per heavy atom. The summed E-state index contributed by atoms with van der Waals surface area (Å²) in [5, 5.41) is 12.3. The molecule has 0 bridgehead atoms. The van der Waals surface area contributed by atoms with Crippen molar-refractivity contribution in [2.24, 2.45) is 5.92 Å². The van der Waals surface area contributed by atoms with Crippen LogP contribution in [0, 0.1) is 24.2 Å². The van der Waals surface area contributed by atoms with E-state index in [1.54, 1.807) is 0 Å². The number of aryl methyl sites for hydroxylation is 1. The number of nitrogens with one attached hydrogen (secondary N) is 1. The molecule has 1 saturated heterocycles. The first-order valence-corrected chi connectivity index (χ1v) is 11.8. The van der Waals surface area contributed by atoms with Crippen molar-refractivity contribution >= 4 is 42.6 Å². The van der Waals surface area contributed by atoms with E-state index in [1.165, 1.54) is 39.9 Å². The van der Waals surface area contributed by atoms with E-state index in [1.807, 2.05) is 31.2 Å². The zero-order valence-corrected chi connectivity index (χ0v) is 18.0. The highest BCUT2D eigenvalue weighted by Crippen LogP contribution is 2.30. The normalized spacial score (nSPS) is 15.7. The maximum atomic E-state index is 12.8. The van der Waals surface area contributed by atoms with E-state index in [0.717, 1.165) is 15.8 Å². The fourth-order valence-corrected chi connectivity index (χ4v) is 5.97. The number of nitrogens with zero attached hydrogens (tertiary/aromatic N) is 3. The quantitative estimate of drug-likeness (QED) is 0.669. The Kier molecular flexibility index (Phi) is 5.56. The third kappa shape index (κ3) is 3.94. The summed E-state index contributed by atoms with van der Waals surface area (Å²) in [4.78, 5) is 17.4. The van der Waals surface area contributed by atoms with Gasteiger partial charge in [0.15, 0.2) is 5.13 Å². The van der Waals surface area contributed by atoms with Crippen molar-refractivity contribution < 1.29 is 13.2 Å². The van der Waals surface area contributed by atoms with Gasteiger partial charge in [-0.2, -0.15) is 9.57 Å². The molecule has 1 N–H and O–H groups in total. The van der Waals surface area contributed by atoms with Crippen molar-refractivity contribution in [1.82, 2.24) is 9.29 Å². The summed E-state index contributed by atoms with van der Waals surface area (Å²) < 4.78 is 28.1. The zero-order chi connectivity index (χ0) is 21.3. The second kappa shape index (κ2) is 8.14. The molecule has 4 rings (SSSR count). The van der Waals surface area contributed by atoms with Gasteiger partial charge in [-0.1, -0.05) is 23.5 Å². The van der Waals surface area contributed by atoms with Crippen molar-refractivity contribution in [3.8, 4) is 6.07 Å². The number of sulfonamides is 1. The molecule has 1 aliphatic heterocycles. The summed E-state index contributed by atoms with van der Waals surface area (Å²) >= 11 is 1.44. The standard InChI is InChI=1S/C21H20N4O3S2/c1-14-3-2-4-18-19(14)23-21(29-18)24-20(26)16-9-11-25(12-10-16)30(27,28)17-7-5-15(13-22)6-8-17/h2-8,16H,9-12H2,1H3,(H,23,24,26). The Bertz CT molecular complexity index is 1240. The van der Waals surface area contributed by atoms with Crippen LogP contribution in [-0.2, 0) is 14.8 Å². The van der Waals surface area contributed by atoms with Gasteiger partial charge >= 0.3 is 0 Å². The summed E-state index contributed by atoms with van der Waals surface area (Å²) in [5.74, 6) is -0.382. The molecule has 2 aromatic carbocycles. The first kappa shape index (κ1) is 20.5. The van der Waals surface area contributed by atoms with Gasteiger partial charge in [0, 0.05) is 19.0 Å². The lowest BCUT2D eigenvalue weighted by Gasteiger charge is -2.30. The Hall–Kier alpha value is -2.80. The molecule has 0 saturated carbocycles. The van der Waals surface area contributed by atoms with Gasteiger partial charge in [-0.15, -0.1) is 0 Å². The number of fused-ring (bicyclic) bond motifs is 1. The zero-order valence-electron chi connectivity index (χ0n) is 16.3. The molecule has 1 fully saturated rings. The predicted octanol–water partition coefficient (Wildman–Crippen LogP) is 3.52. The van der Waals surface area contributed by atoms with Crippen LogP contribution in [-0.4, -0.2) is 36.7 Å². The Morgan fingerprint density at radius 1 is 1.20 bits per heavy atom. The van der Waals surface area contributed by atoms with Gasteiger partial charge in [-0.3, -0.25) is 4.79 Å².